The second-order valence-corrected chi connectivity index (χ2v) is 5.08. The number of aliphatic hydroxyl groups excluding tert-OH is 1. The van der Waals surface area contributed by atoms with Crippen LogP contribution in [0.3, 0.4) is 0 Å². The highest BCUT2D eigenvalue weighted by molar-refractivity contribution is 5.85. The number of nitrogens with two attached hydrogens (primary N) is 1. The lowest BCUT2D eigenvalue weighted by molar-refractivity contribution is 0.0400. The van der Waals surface area contributed by atoms with Gasteiger partial charge in [0.25, 0.3) is 0 Å². The summed E-state index contributed by atoms with van der Waals surface area (Å²) in [6, 6.07) is 3.73. The Morgan fingerprint density at radius 1 is 1.12 bits per heavy atom. The summed E-state index contributed by atoms with van der Waals surface area (Å²) in [7, 11) is 0. The molecule has 0 heterocycles. The third kappa shape index (κ3) is 3.77. The Balaban J connectivity index is 0.00000256. The van der Waals surface area contributed by atoms with Gasteiger partial charge in [0.1, 0.15) is 0 Å². The molecule has 0 aliphatic carbocycles. The van der Waals surface area contributed by atoms with E-state index in [1.807, 2.05) is 20.8 Å². The lowest BCUT2D eigenvalue weighted by Gasteiger charge is -2.31. The van der Waals surface area contributed by atoms with E-state index in [0.29, 0.717) is 5.56 Å². The minimum absolute atomic E-state index is 0. The van der Waals surface area contributed by atoms with Crippen LogP contribution in [0.15, 0.2) is 18.2 Å². The van der Waals surface area contributed by atoms with Crippen LogP contribution in [0.2, 0.25) is 0 Å². The first kappa shape index (κ1) is 16.0. The summed E-state index contributed by atoms with van der Waals surface area (Å²) in [5.74, 6) is -0.421. The largest absolute Gasteiger partial charge is 0.504 e. The van der Waals surface area contributed by atoms with Crippen LogP contribution >= 0.6 is 12.4 Å². The summed E-state index contributed by atoms with van der Waals surface area (Å²) < 4.78 is 0. The number of halogens is 1. The van der Waals surface area contributed by atoms with Gasteiger partial charge < -0.3 is 21.1 Å². The van der Waals surface area contributed by atoms with Crippen LogP contribution in [0.25, 0.3) is 0 Å². The Kier molecular flexibility index (Phi) is 5.26. The highest BCUT2D eigenvalue weighted by Crippen LogP contribution is 2.32. The van der Waals surface area contributed by atoms with Crippen molar-refractivity contribution in [3.63, 3.8) is 0 Å². The van der Waals surface area contributed by atoms with E-state index in [1.54, 1.807) is 6.07 Å². The molecule has 0 aliphatic heterocycles. The Morgan fingerprint density at radius 2 is 1.65 bits per heavy atom. The smallest absolute Gasteiger partial charge is 0.157 e. The van der Waals surface area contributed by atoms with Gasteiger partial charge in [0.05, 0.1) is 12.1 Å². The molecule has 0 radical (unpaired) electrons. The van der Waals surface area contributed by atoms with Gasteiger partial charge in [-0.1, -0.05) is 26.8 Å². The number of rotatable bonds is 2. The van der Waals surface area contributed by atoms with Gasteiger partial charge in [-0.2, -0.15) is 0 Å². The van der Waals surface area contributed by atoms with E-state index in [-0.39, 0.29) is 29.3 Å². The van der Waals surface area contributed by atoms with Crippen molar-refractivity contribution in [2.75, 3.05) is 0 Å². The fourth-order valence-corrected chi connectivity index (χ4v) is 1.47. The van der Waals surface area contributed by atoms with Crippen molar-refractivity contribution in [2.45, 2.75) is 32.9 Å². The average Bonchev–Trinajstić information content (AvgIpc) is 2.18. The first-order valence-electron chi connectivity index (χ1n) is 5.19. The third-order valence-electron chi connectivity index (χ3n) is 2.61. The molecule has 0 saturated carbocycles. The topological polar surface area (TPSA) is 86.7 Å². The van der Waals surface area contributed by atoms with Gasteiger partial charge in [-0.05, 0) is 23.1 Å². The lowest BCUT2D eigenvalue weighted by atomic mass is 9.82. The van der Waals surface area contributed by atoms with Crippen LogP contribution in [-0.4, -0.2) is 21.4 Å². The summed E-state index contributed by atoms with van der Waals surface area (Å²) in [5.41, 5.74) is 6.16. The second kappa shape index (κ2) is 5.58. The van der Waals surface area contributed by atoms with Crippen molar-refractivity contribution in [3.05, 3.63) is 23.8 Å². The molecule has 2 atom stereocenters. The highest BCUT2D eigenvalue weighted by Gasteiger charge is 2.29. The number of aromatic hydroxyl groups is 2. The normalized spacial score (nSPS) is 14.9. The molecule has 5 N–H and O–H groups in total. The molecule has 1 aromatic rings. The maximum atomic E-state index is 10.00. The molecule has 0 aliphatic rings. The van der Waals surface area contributed by atoms with Crippen LogP contribution < -0.4 is 5.73 Å². The molecule has 1 aromatic carbocycles. The van der Waals surface area contributed by atoms with Crippen LogP contribution in [0, 0.1) is 5.41 Å². The zero-order chi connectivity index (χ0) is 12.5. The molecule has 0 saturated heterocycles. The van der Waals surface area contributed by atoms with E-state index in [9.17, 15) is 15.3 Å². The standard InChI is InChI=1S/C12H19NO3.ClH/c1-12(2,3)11(16)10(13)7-4-5-8(14)9(15)6-7;/h4-6,10-11,14-16H,13H2,1-3H3;1H/t10-,11-;/m0./s1. The van der Waals surface area contributed by atoms with Gasteiger partial charge >= 0.3 is 0 Å². The fraction of sp³-hybridized carbons (Fsp3) is 0.500. The zero-order valence-electron chi connectivity index (χ0n) is 10.2. The van der Waals surface area contributed by atoms with Crippen LogP contribution in [0.5, 0.6) is 11.5 Å². The lowest BCUT2D eigenvalue weighted by Crippen LogP contribution is -2.36. The number of phenolic OH excluding ortho intramolecular Hbond substituents is 2. The van der Waals surface area contributed by atoms with E-state index < -0.39 is 12.1 Å². The van der Waals surface area contributed by atoms with Crippen LogP contribution in [-0.2, 0) is 0 Å². The molecule has 0 fully saturated rings. The summed E-state index contributed by atoms with van der Waals surface area (Å²) in [4.78, 5) is 0. The third-order valence-corrected chi connectivity index (χ3v) is 2.61. The predicted molar refractivity (Wildman–Crippen MR) is 69.4 cm³/mol. The highest BCUT2D eigenvalue weighted by atomic mass is 35.5. The molecule has 0 unspecified atom stereocenters. The molecule has 4 nitrogen and oxygen atoms in total. The molecular weight excluding hydrogens is 242 g/mol. The molecule has 17 heavy (non-hydrogen) atoms. The van der Waals surface area contributed by atoms with Gasteiger partial charge in [-0.25, -0.2) is 0 Å². The van der Waals surface area contributed by atoms with E-state index in [1.165, 1.54) is 12.1 Å². The maximum Gasteiger partial charge on any atom is 0.157 e. The van der Waals surface area contributed by atoms with Crippen molar-refractivity contribution in [1.82, 2.24) is 0 Å². The van der Waals surface area contributed by atoms with Crippen LogP contribution in [0.1, 0.15) is 32.4 Å². The first-order valence-corrected chi connectivity index (χ1v) is 5.19. The molecular formula is C12H20ClNO3. The monoisotopic (exact) mass is 261 g/mol. The quantitative estimate of drug-likeness (QED) is 0.613. The Morgan fingerprint density at radius 3 is 2.06 bits per heavy atom. The van der Waals surface area contributed by atoms with Crippen molar-refractivity contribution in [1.29, 1.82) is 0 Å². The van der Waals surface area contributed by atoms with Gasteiger partial charge in [0, 0.05) is 0 Å². The minimum Gasteiger partial charge on any atom is -0.504 e. The second-order valence-electron chi connectivity index (χ2n) is 5.08. The van der Waals surface area contributed by atoms with Gasteiger partial charge in [0.2, 0.25) is 0 Å². The SMILES string of the molecule is CC(C)(C)[C@@H](O)[C@@H](N)c1ccc(O)c(O)c1.Cl. The fourth-order valence-electron chi connectivity index (χ4n) is 1.47. The van der Waals surface area contributed by atoms with E-state index >= 15 is 0 Å². The number of hydrogen-bond acceptors (Lipinski definition) is 4. The van der Waals surface area contributed by atoms with Gasteiger partial charge in [-0.15, -0.1) is 12.4 Å². The number of phenols is 2. The Hall–Kier alpha value is -0.970. The van der Waals surface area contributed by atoms with Crippen molar-refractivity contribution < 1.29 is 15.3 Å². The minimum atomic E-state index is -0.726. The molecule has 0 aromatic heterocycles. The molecule has 5 heteroatoms. The molecule has 98 valence electrons. The van der Waals surface area contributed by atoms with Crippen molar-refractivity contribution in [3.8, 4) is 11.5 Å². The number of hydrogen-bond donors (Lipinski definition) is 4. The van der Waals surface area contributed by atoms with Crippen molar-refractivity contribution >= 4 is 12.4 Å². The predicted octanol–water partition coefficient (Wildman–Crippen LogP) is 1.93. The Labute approximate surface area is 107 Å². The first-order chi connectivity index (χ1) is 7.23. The van der Waals surface area contributed by atoms with E-state index in [4.69, 9.17) is 5.73 Å². The number of aliphatic hydroxyl groups is 1. The van der Waals surface area contributed by atoms with Gasteiger partial charge in [-0.3, -0.25) is 0 Å². The molecule has 0 bridgehead atoms. The number of benzene rings is 1. The maximum absolute atomic E-state index is 10.00. The summed E-state index contributed by atoms with van der Waals surface area (Å²) in [5, 5.41) is 28.5. The van der Waals surface area contributed by atoms with E-state index in [0.717, 1.165) is 0 Å². The summed E-state index contributed by atoms with van der Waals surface area (Å²) >= 11 is 0. The van der Waals surface area contributed by atoms with Crippen LogP contribution in [0.4, 0.5) is 0 Å². The molecule has 0 spiro atoms. The zero-order valence-corrected chi connectivity index (χ0v) is 11.0. The average molecular weight is 262 g/mol. The summed E-state index contributed by atoms with van der Waals surface area (Å²) in [6.07, 6.45) is -0.726. The Bertz CT molecular complexity index is 377. The molecule has 0 amide bonds. The molecule has 1 rings (SSSR count). The van der Waals surface area contributed by atoms with Crippen molar-refractivity contribution in [2.24, 2.45) is 11.1 Å². The van der Waals surface area contributed by atoms with Gasteiger partial charge in [0.15, 0.2) is 11.5 Å². The summed E-state index contributed by atoms with van der Waals surface area (Å²) in [6.45, 7) is 5.66. The van der Waals surface area contributed by atoms with E-state index in [2.05, 4.69) is 0 Å².